The Labute approximate surface area is 129 Å². The van der Waals surface area contributed by atoms with E-state index >= 15 is 0 Å². The van der Waals surface area contributed by atoms with E-state index in [1.165, 1.54) is 5.56 Å². The molecule has 0 bridgehead atoms. The SMILES string of the molecule is CN=C(NCc1ccc(OCC(C)C)cc1)NCC(C)C. The number of guanidine groups is 1. The normalized spacial score (nSPS) is 11.9. The molecule has 4 heteroatoms. The molecule has 118 valence electrons. The van der Waals surface area contributed by atoms with Gasteiger partial charge in [0.2, 0.25) is 0 Å². The summed E-state index contributed by atoms with van der Waals surface area (Å²) in [6.07, 6.45) is 0. The third kappa shape index (κ3) is 7.59. The molecule has 0 fully saturated rings. The first-order valence-corrected chi connectivity index (χ1v) is 7.67. The molecule has 1 aromatic carbocycles. The fraction of sp³-hybridized carbons (Fsp3) is 0.588. The Hall–Kier alpha value is -1.71. The van der Waals surface area contributed by atoms with Crippen LogP contribution in [0.15, 0.2) is 29.3 Å². The van der Waals surface area contributed by atoms with Crippen molar-refractivity contribution in [1.82, 2.24) is 10.6 Å². The third-order valence-corrected chi connectivity index (χ3v) is 2.87. The van der Waals surface area contributed by atoms with Gasteiger partial charge in [-0.1, -0.05) is 39.8 Å². The Bertz CT molecular complexity index is 424. The van der Waals surface area contributed by atoms with Gasteiger partial charge in [-0.15, -0.1) is 0 Å². The van der Waals surface area contributed by atoms with Gasteiger partial charge >= 0.3 is 0 Å². The summed E-state index contributed by atoms with van der Waals surface area (Å²) in [6.45, 7) is 11.1. The highest BCUT2D eigenvalue weighted by molar-refractivity contribution is 5.79. The maximum atomic E-state index is 5.68. The van der Waals surface area contributed by atoms with Crippen LogP contribution in [0.25, 0.3) is 0 Å². The molecule has 1 rings (SSSR count). The number of nitrogens with one attached hydrogen (secondary N) is 2. The van der Waals surface area contributed by atoms with Crippen molar-refractivity contribution < 1.29 is 4.74 Å². The molecule has 0 heterocycles. The van der Waals surface area contributed by atoms with Gasteiger partial charge < -0.3 is 15.4 Å². The topological polar surface area (TPSA) is 45.7 Å². The maximum Gasteiger partial charge on any atom is 0.191 e. The molecule has 0 saturated carbocycles. The number of aliphatic imine (C=N–C) groups is 1. The van der Waals surface area contributed by atoms with Crippen LogP contribution >= 0.6 is 0 Å². The molecule has 0 aromatic heterocycles. The van der Waals surface area contributed by atoms with Crippen LogP contribution in [-0.4, -0.2) is 26.2 Å². The Kier molecular flexibility index (Phi) is 7.65. The minimum absolute atomic E-state index is 0.543. The van der Waals surface area contributed by atoms with E-state index in [2.05, 4.69) is 55.5 Å². The molecule has 0 aliphatic carbocycles. The second-order valence-electron chi connectivity index (χ2n) is 6.05. The summed E-state index contributed by atoms with van der Waals surface area (Å²) in [5.74, 6) is 2.90. The number of ether oxygens (including phenoxy) is 1. The van der Waals surface area contributed by atoms with Crippen molar-refractivity contribution in [2.45, 2.75) is 34.2 Å². The molecule has 0 spiro atoms. The third-order valence-electron chi connectivity index (χ3n) is 2.87. The molecule has 0 atom stereocenters. The fourth-order valence-corrected chi connectivity index (χ4v) is 1.67. The summed E-state index contributed by atoms with van der Waals surface area (Å²) >= 11 is 0. The van der Waals surface area contributed by atoms with Gasteiger partial charge in [0.1, 0.15) is 5.75 Å². The quantitative estimate of drug-likeness (QED) is 0.599. The first-order valence-electron chi connectivity index (χ1n) is 7.67. The predicted molar refractivity (Wildman–Crippen MR) is 89.8 cm³/mol. The zero-order chi connectivity index (χ0) is 15.7. The average molecular weight is 291 g/mol. The summed E-state index contributed by atoms with van der Waals surface area (Å²) in [7, 11) is 1.79. The number of hydrogen-bond acceptors (Lipinski definition) is 2. The smallest absolute Gasteiger partial charge is 0.191 e. The van der Waals surface area contributed by atoms with Crippen LogP contribution < -0.4 is 15.4 Å². The molecule has 0 saturated heterocycles. The van der Waals surface area contributed by atoms with Gasteiger partial charge in [-0.3, -0.25) is 4.99 Å². The second-order valence-corrected chi connectivity index (χ2v) is 6.05. The average Bonchev–Trinajstić information content (AvgIpc) is 2.46. The summed E-state index contributed by atoms with van der Waals surface area (Å²) in [5.41, 5.74) is 1.21. The molecule has 0 radical (unpaired) electrons. The zero-order valence-electron chi connectivity index (χ0n) is 13.9. The lowest BCUT2D eigenvalue weighted by Crippen LogP contribution is -2.38. The van der Waals surface area contributed by atoms with Crippen molar-refractivity contribution in [1.29, 1.82) is 0 Å². The fourth-order valence-electron chi connectivity index (χ4n) is 1.67. The highest BCUT2D eigenvalue weighted by Gasteiger charge is 2.01. The van der Waals surface area contributed by atoms with E-state index in [0.29, 0.717) is 11.8 Å². The van der Waals surface area contributed by atoms with E-state index in [-0.39, 0.29) is 0 Å². The minimum atomic E-state index is 0.543. The molecular weight excluding hydrogens is 262 g/mol. The van der Waals surface area contributed by atoms with Crippen LogP contribution in [0.5, 0.6) is 5.75 Å². The molecule has 1 aromatic rings. The number of hydrogen-bond donors (Lipinski definition) is 2. The zero-order valence-corrected chi connectivity index (χ0v) is 13.9. The van der Waals surface area contributed by atoms with Crippen LogP contribution in [0.4, 0.5) is 0 Å². The molecule has 2 N–H and O–H groups in total. The monoisotopic (exact) mass is 291 g/mol. The lowest BCUT2D eigenvalue weighted by Gasteiger charge is -2.14. The Balaban J connectivity index is 2.41. The number of benzene rings is 1. The van der Waals surface area contributed by atoms with Crippen LogP contribution in [0.2, 0.25) is 0 Å². The lowest BCUT2D eigenvalue weighted by molar-refractivity contribution is 0.271. The van der Waals surface area contributed by atoms with Crippen LogP contribution in [0.3, 0.4) is 0 Å². The summed E-state index contributed by atoms with van der Waals surface area (Å²) in [4.78, 5) is 4.21. The van der Waals surface area contributed by atoms with Gasteiger partial charge in [-0.2, -0.15) is 0 Å². The molecule has 21 heavy (non-hydrogen) atoms. The van der Waals surface area contributed by atoms with E-state index in [1.54, 1.807) is 7.05 Å². The lowest BCUT2D eigenvalue weighted by atomic mass is 10.2. The van der Waals surface area contributed by atoms with Crippen LogP contribution in [0.1, 0.15) is 33.3 Å². The van der Waals surface area contributed by atoms with E-state index in [4.69, 9.17) is 4.74 Å². The molecule has 0 aliphatic heterocycles. The molecule has 0 amide bonds. The van der Waals surface area contributed by atoms with E-state index in [1.807, 2.05) is 12.1 Å². The van der Waals surface area contributed by atoms with Gasteiger partial charge in [0.25, 0.3) is 0 Å². The van der Waals surface area contributed by atoms with Crippen LogP contribution in [-0.2, 0) is 6.54 Å². The van der Waals surface area contributed by atoms with Crippen molar-refractivity contribution in [3.05, 3.63) is 29.8 Å². The van der Waals surface area contributed by atoms with Gasteiger partial charge in [-0.05, 0) is 29.5 Å². The molecule has 0 unspecified atom stereocenters. The van der Waals surface area contributed by atoms with Crippen molar-refractivity contribution in [2.24, 2.45) is 16.8 Å². The van der Waals surface area contributed by atoms with E-state index in [0.717, 1.165) is 31.4 Å². The standard InChI is InChI=1S/C17H29N3O/c1-13(2)10-19-17(18-5)20-11-15-6-8-16(9-7-15)21-12-14(3)4/h6-9,13-14H,10-12H2,1-5H3,(H2,18,19,20). The van der Waals surface area contributed by atoms with Crippen molar-refractivity contribution in [3.63, 3.8) is 0 Å². The molecule has 4 nitrogen and oxygen atoms in total. The second kappa shape index (κ2) is 9.27. The Morgan fingerprint density at radius 1 is 1.05 bits per heavy atom. The van der Waals surface area contributed by atoms with E-state index < -0.39 is 0 Å². The largest absolute Gasteiger partial charge is 0.493 e. The van der Waals surface area contributed by atoms with Gasteiger partial charge in [-0.25, -0.2) is 0 Å². The molecular formula is C17H29N3O. The highest BCUT2D eigenvalue weighted by Crippen LogP contribution is 2.13. The van der Waals surface area contributed by atoms with E-state index in [9.17, 15) is 0 Å². The van der Waals surface area contributed by atoms with Crippen molar-refractivity contribution in [2.75, 3.05) is 20.2 Å². The van der Waals surface area contributed by atoms with Crippen LogP contribution in [0, 0.1) is 11.8 Å². The Morgan fingerprint density at radius 2 is 1.71 bits per heavy atom. The Morgan fingerprint density at radius 3 is 2.24 bits per heavy atom. The number of rotatable bonds is 7. The molecule has 0 aliphatic rings. The number of nitrogens with zero attached hydrogens (tertiary/aromatic N) is 1. The van der Waals surface area contributed by atoms with Crippen molar-refractivity contribution in [3.8, 4) is 5.75 Å². The first kappa shape index (κ1) is 17.3. The summed E-state index contributed by atoms with van der Waals surface area (Å²) < 4.78 is 5.68. The van der Waals surface area contributed by atoms with Gasteiger partial charge in [0.15, 0.2) is 5.96 Å². The van der Waals surface area contributed by atoms with Crippen molar-refractivity contribution >= 4 is 5.96 Å². The highest BCUT2D eigenvalue weighted by atomic mass is 16.5. The maximum absolute atomic E-state index is 5.68. The first-order chi connectivity index (χ1) is 10.0. The van der Waals surface area contributed by atoms with Gasteiger partial charge in [0.05, 0.1) is 6.61 Å². The van der Waals surface area contributed by atoms with Gasteiger partial charge in [0, 0.05) is 20.1 Å². The summed E-state index contributed by atoms with van der Waals surface area (Å²) in [5, 5.41) is 6.61. The predicted octanol–water partition coefficient (Wildman–Crippen LogP) is 3.04. The minimum Gasteiger partial charge on any atom is -0.493 e. The summed E-state index contributed by atoms with van der Waals surface area (Å²) in [6, 6.07) is 8.20.